The van der Waals surface area contributed by atoms with Gasteiger partial charge in [-0.1, -0.05) is 32.4 Å². The summed E-state index contributed by atoms with van der Waals surface area (Å²) in [5, 5.41) is 14.1. The van der Waals surface area contributed by atoms with Crippen molar-refractivity contribution in [2.24, 2.45) is 40.4 Å². The Bertz CT molecular complexity index is 711. The predicted molar refractivity (Wildman–Crippen MR) is 115 cm³/mol. The van der Waals surface area contributed by atoms with Gasteiger partial charge in [0.15, 0.2) is 0 Å². The minimum Gasteiger partial charge on any atom is -0.393 e. The monoisotopic (exact) mass is 399 g/mol. The van der Waals surface area contributed by atoms with Gasteiger partial charge in [-0.05, 0) is 105 Å². The van der Waals surface area contributed by atoms with E-state index >= 15 is 0 Å². The van der Waals surface area contributed by atoms with Crippen molar-refractivity contribution in [2.45, 2.75) is 103 Å². The molecule has 4 aliphatic carbocycles. The molecule has 162 valence electrons. The smallest absolute Gasteiger partial charge is 0.122 e. The van der Waals surface area contributed by atoms with Gasteiger partial charge >= 0.3 is 0 Å². The van der Waals surface area contributed by atoms with Gasteiger partial charge in [0.05, 0.1) is 12.2 Å². The van der Waals surface area contributed by atoms with Crippen molar-refractivity contribution in [3.8, 4) is 0 Å². The summed E-state index contributed by atoms with van der Waals surface area (Å²) in [7, 11) is 0. The number of piperidine rings is 1. The van der Waals surface area contributed by atoms with E-state index in [1.165, 1.54) is 51.4 Å². The van der Waals surface area contributed by atoms with E-state index in [0.29, 0.717) is 22.9 Å². The first kappa shape index (κ1) is 19.3. The Kier molecular flexibility index (Phi) is 4.21. The molecule has 3 nitrogen and oxygen atoms in total. The van der Waals surface area contributed by atoms with Crippen molar-refractivity contribution in [3.05, 3.63) is 11.6 Å². The van der Waals surface area contributed by atoms with Crippen molar-refractivity contribution >= 4 is 0 Å². The summed E-state index contributed by atoms with van der Waals surface area (Å²) < 4.78 is 6.95. The van der Waals surface area contributed by atoms with Crippen LogP contribution in [0.25, 0.3) is 0 Å². The molecular formula is C26H41NO2. The van der Waals surface area contributed by atoms with Crippen molar-refractivity contribution in [1.29, 1.82) is 0 Å². The van der Waals surface area contributed by atoms with Crippen molar-refractivity contribution in [3.63, 3.8) is 0 Å². The van der Waals surface area contributed by atoms with Gasteiger partial charge in [0.1, 0.15) is 5.72 Å². The third-order valence-corrected chi connectivity index (χ3v) is 11.2. The van der Waals surface area contributed by atoms with E-state index in [4.69, 9.17) is 4.74 Å². The number of nitrogens with one attached hydrogen (secondary N) is 1. The molecule has 2 N–H and O–H groups in total. The summed E-state index contributed by atoms with van der Waals surface area (Å²) in [6.45, 7) is 8.82. The van der Waals surface area contributed by atoms with Crippen LogP contribution in [0.5, 0.6) is 0 Å². The van der Waals surface area contributed by atoms with Crippen LogP contribution in [0.15, 0.2) is 11.6 Å². The number of hydrogen-bond donors (Lipinski definition) is 2. The summed E-state index contributed by atoms with van der Waals surface area (Å²) in [6, 6.07) is 0. The predicted octanol–water partition coefficient (Wildman–Crippen LogP) is 5.04. The molecule has 2 heterocycles. The lowest BCUT2D eigenvalue weighted by atomic mass is 9.47. The van der Waals surface area contributed by atoms with Crippen LogP contribution in [0.4, 0.5) is 0 Å². The molecule has 0 bridgehead atoms. The van der Waals surface area contributed by atoms with Crippen molar-refractivity contribution < 1.29 is 9.84 Å². The molecular weight excluding hydrogens is 358 g/mol. The van der Waals surface area contributed by atoms with E-state index in [-0.39, 0.29) is 11.8 Å². The lowest BCUT2D eigenvalue weighted by Gasteiger charge is -2.58. The molecule has 0 amide bonds. The summed E-state index contributed by atoms with van der Waals surface area (Å²) in [5.74, 6) is 3.83. The quantitative estimate of drug-likeness (QED) is 0.561. The summed E-state index contributed by atoms with van der Waals surface area (Å²) in [6.07, 6.45) is 15.2. The zero-order valence-corrected chi connectivity index (χ0v) is 18.8. The van der Waals surface area contributed by atoms with Gasteiger partial charge in [0.2, 0.25) is 0 Å². The highest BCUT2D eigenvalue weighted by Crippen LogP contribution is 2.70. The largest absolute Gasteiger partial charge is 0.393 e. The Labute approximate surface area is 177 Å². The van der Waals surface area contributed by atoms with Gasteiger partial charge in [-0.15, -0.1) is 0 Å². The molecule has 29 heavy (non-hydrogen) atoms. The number of ether oxygens (including phenoxy) is 1. The van der Waals surface area contributed by atoms with E-state index < -0.39 is 0 Å². The van der Waals surface area contributed by atoms with Crippen LogP contribution in [0.3, 0.4) is 0 Å². The molecule has 1 spiro atoms. The third kappa shape index (κ3) is 2.47. The minimum absolute atomic E-state index is 0.0243. The molecule has 0 aromatic carbocycles. The minimum atomic E-state index is -0.0981. The van der Waals surface area contributed by atoms with E-state index in [0.717, 1.165) is 43.1 Å². The van der Waals surface area contributed by atoms with Gasteiger partial charge in [0, 0.05) is 5.92 Å². The number of aliphatic hydroxyl groups excluding tert-OH is 1. The van der Waals surface area contributed by atoms with Crippen LogP contribution in [0.1, 0.15) is 85.0 Å². The Hall–Kier alpha value is -0.380. The van der Waals surface area contributed by atoms with E-state index in [9.17, 15) is 5.11 Å². The molecule has 3 heteroatoms. The standard InChI is InChI=1S/C26H41NO2/c1-16-23-22(29-26(16)10-4-5-13-27-26)15-21-19-7-6-17-14-18(28)8-11-24(17,2)20(19)9-12-25(21,23)3/h6,16,18-23,27-28H,4-5,7-15H2,1-3H3/t16-,18-,19+,20-,21-,22-,23-,24-,25-,26?/m0/s1. The van der Waals surface area contributed by atoms with Crippen molar-refractivity contribution in [1.82, 2.24) is 5.32 Å². The normalized spacial score (nSPS) is 58.9. The Balaban J connectivity index is 1.30. The average molecular weight is 400 g/mol. The lowest BCUT2D eigenvalue weighted by molar-refractivity contribution is -0.110. The third-order valence-electron chi connectivity index (χ3n) is 11.2. The van der Waals surface area contributed by atoms with Crippen LogP contribution >= 0.6 is 0 Å². The second-order valence-electron chi connectivity index (χ2n) is 12.2. The first-order chi connectivity index (χ1) is 13.9. The zero-order chi connectivity index (χ0) is 20.0. The number of allylic oxidation sites excluding steroid dienone is 1. The first-order valence-corrected chi connectivity index (χ1v) is 12.7. The average Bonchev–Trinajstić information content (AvgIpc) is 3.14. The van der Waals surface area contributed by atoms with E-state index in [1.807, 2.05) is 0 Å². The highest BCUT2D eigenvalue weighted by atomic mass is 16.5. The Morgan fingerprint density at radius 3 is 2.76 bits per heavy atom. The first-order valence-electron chi connectivity index (χ1n) is 12.7. The molecule has 0 aromatic heterocycles. The van der Waals surface area contributed by atoms with Crippen LogP contribution in [0, 0.1) is 40.4 Å². The molecule has 5 fully saturated rings. The van der Waals surface area contributed by atoms with Crippen LogP contribution in [0.2, 0.25) is 0 Å². The molecule has 0 radical (unpaired) electrons. The van der Waals surface area contributed by atoms with Gasteiger partial charge in [-0.2, -0.15) is 0 Å². The fraction of sp³-hybridized carbons (Fsp3) is 0.923. The summed E-state index contributed by atoms with van der Waals surface area (Å²) in [5.41, 5.74) is 2.36. The van der Waals surface area contributed by atoms with Crippen LogP contribution < -0.4 is 5.32 Å². The van der Waals surface area contributed by atoms with Crippen LogP contribution in [-0.2, 0) is 4.74 Å². The fourth-order valence-corrected chi connectivity index (χ4v) is 9.74. The molecule has 0 aromatic rings. The molecule has 2 saturated heterocycles. The van der Waals surface area contributed by atoms with Gasteiger partial charge < -0.3 is 9.84 Å². The van der Waals surface area contributed by atoms with Gasteiger partial charge in [-0.3, -0.25) is 5.32 Å². The summed E-state index contributed by atoms with van der Waals surface area (Å²) >= 11 is 0. The van der Waals surface area contributed by atoms with Crippen LogP contribution in [-0.4, -0.2) is 29.6 Å². The Morgan fingerprint density at radius 2 is 1.97 bits per heavy atom. The highest BCUT2D eigenvalue weighted by molar-refractivity contribution is 5.26. The topological polar surface area (TPSA) is 41.5 Å². The second kappa shape index (κ2) is 6.33. The molecule has 1 unspecified atom stereocenters. The van der Waals surface area contributed by atoms with E-state index in [2.05, 4.69) is 32.2 Å². The second-order valence-corrected chi connectivity index (χ2v) is 12.2. The van der Waals surface area contributed by atoms with Crippen molar-refractivity contribution in [2.75, 3.05) is 6.54 Å². The van der Waals surface area contributed by atoms with E-state index in [1.54, 1.807) is 5.57 Å². The number of aliphatic hydroxyl groups is 1. The number of fused-ring (bicyclic) bond motifs is 7. The summed E-state index contributed by atoms with van der Waals surface area (Å²) in [4.78, 5) is 0. The van der Waals surface area contributed by atoms with Gasteiger partial charge in [0.25, 0.3) is 0 Å². The van der Waals surface area contributed by atoms with Gasteiger partial charge in [-0.25, -0.2) is 0 Å². The maximum absolute atomic E-state index is 10.2. The Morgan fingerprint density at radius 1 is 1.10 bits per heavy atom. The highest BCUT2D eigenvalue weighted by Gasteiger charge is 2.67. The number of hydrogen-bond acceptors (Lipinski definition) is 3. The molecule has 3 saturated carbocycles. The fourth-order valence-electron chi connectivity index (χ4n) is 9.74. The molecule has 2 aliphatic heterocycles. The lowest BCUT2D eigenvalue weighted by Crippen LogP contribution is -2.55. The SMILES string of the molecule is C[C@H]1[C@H]2[C@H](C[C@H]3[C@@H]4CC=C5C[C@@H](O)CC[C@]5(C)[C@H]4CC[C@]23C)OC12CCCCN2. The molecule has 10 atom stereocenters. The number of rotatable bonds is 0. The zero-order valence-electron chi connectivity index (χ0n) is 18.8. The molecule has 6 rings (SSSR count). The molecule has 6 aliphatic rings. The maximum atomic E-state index is 10.2. The maximum Gasteiger partial charge on any atom is 0.122 e.